The zero-order valence-electron chi connectivity index (χ0n) is 14.3. The Morgan fingerprint density at radius 3 is 2.77 bits per heavy atom. The van der Waals surface area contributed by atoms with Gasteiger partial charge in [-0.05, 0) is 25.3 Å². The second-order valence-electron chi connectivity index (χ2n) is 6.67. The van der Waals surface area contributed by atoms with Crippen LogP contribution in [-0.4, -0.2) is 44.0 Å². The maximum Gasteiger partial charge on any atom is 0.202 e. The molecule has 0 unspecified atom stereocenters. The van der Waals surface area contributed by atoms with Crippen LogP contribution in [0.1, 0.15) is 26.2 Å². The highest BCUT2D eigenvalue weighted by Gasteiger charge is 2.31. The zero-order valence-corrected chi connectivity index (χ0v) is 15.8. The van der Waals surface area contributed by atoms with E-state index < -0.39 is 5.60 Å². The highest BCUT2D eigenvalue weighted by atomic mass is 35.5. The lowest BCUT2D eigenvalue weighted by atomic mass is 9.89. The lowest BCUT2D eigenvalue weighted by molar-refractivity contribution is 0.0125. The SMILES string of the molecule is CCC1(O)CCN(c2cnc3c(-c4cccc(Cl)c4Cl)[nH]nc3n2)CC1. The van der Waals surface area contributed by atoms with Gasteiger partial charge in [-0.15, -0.1) is 0 Å². The fourth-order valence-electron chi connectivity index (χ4n) is 3.33. The van der Waals surface area contributed by atoms with Crippen LogP contribution in [-0.2, 0) is 0 Å². The summed E-state index contributed by atoms with van der Waals surface area (Å²) in [5.74, 6) is 0.769. The third-order valence-electron chi connectivity index (χ3n) is 5.15. The molecule has 2 aromatic heterocycles. The van der Waals surface area contributed by atoms with E-state index >= 15 is 0 Å². The van der Waals surface area contributed by atoms with E-state index in [2.05, 4.69) is 25.1 Å². The summed E-state index contributed by atoms with van der Waals surface area (Å²) in [5, 5.41) is 18.6. The maximum atomic E-state index is 10.4. The number of benzene rings is 1. The standard InChI is InChI=1S/C18H19Cl2N5O/c1-2-18(26)6-8-25(9-7-18)13-10-21-16-15(23-24-17(16)22-13)11-4-3-5-12(19)14(11)20/h3-5,10,26H,2,6-9H2,1H3,(H,22,23,24). The summed E-state index contributed by atoms with van der Waals surface area (Å²) < 4.78 is 0. The Balaban J connectivity index is 1.65. The van der Waals surface area contributed by atoms with Crippen LogP contribution in [0.2, 0.25) is 10.0 Å². The van der Waals surface area contributed by atoms with E-state index in [0.717, 1.165) is 43.7 Å². The molecule has 1 aromatic carbocycles. The molecule has 136 valence electrons. The molecule has 8 heteroatoms. The molecule has 26 heavy (non-hydrogen) atoms. The summed E-state index contributed by atoms with van der Waals surface area (Å²) >= 11 is 12.4. The van der Waals surface area contributed by atoms with Crippen LogP contribution < -0.4 is 4.90 Å². The van der Waals surface area contributed by atoms with Gasteiger partial charge in [0.1, 0.15) is 11.3 Å². The topological polar surface area (TPSA) is 77.9 Å². The van der Waals surface area contributed by atoms with E-state index in [1.54, 1.807) is 12.3 Å². The summed E-state index contributed by atoms with van der Waals surface area (Å²) in [4.78, 5) is 11.3. The van der Waals surface area contributed by atoms with E-state index in [-0.39, 0.29) is 0 Å². The smallest absolute Gasteiger partial charge is 0.202 e. The normalized spacial score (nSPS) is 17.0. The summed E-state index contributed by atoms with van der Waals surface area (Å²) in [6.07, 6.45) is 3.98. The van der Waals surface area contributed by atoms with Crippen molar-refractivity contribution in [1.82, 2.24) is 20.2 Å². The summed E-state index contributed by atoms with van der Waals surface area (Å²) in [5.41, 5.74) is 2.07. The van der Waals surface area contributed by atoms with Crippen molar-refractivity contribution in [2.75, 3.05) is 18.0 Å². The fraction of sp³-hybridized carbons (Fsp3) is 0.389. The number of fused-ring (bicyclic) bond motifs is 1. The first kappa shape index (κ1) is 17.5. The summed E-state index contributed by atoms with van der Waals surface area (Å²) in [7, 11) is 0. The number of H-pyrrole nitrogens is 1. The minimum absolute atomic E-state index is 0.459. The molecule has 1 aliphatic heterocycles. The number of halogens is 2. The number of hydrogen-bond donors (Lipinski definition) is 2. The van der Waals surface area contributed by atoms with E-state index in [0.29, 0.717) is 26.9 Å². The van der Waals surface area contributed by atoms with Crippen molar-refractivity contribution in [2.45, 2.75) is 31.8 Å². The number of nitrogens with zero attached hydrogens (tertiary/aromatic N) is 4. The Labute approximate surface area is 161 Å². The number of hydrogen-bond acceptors (Lipinski definition) is 5. The first-order valence-corrected chi connectivity index (χ1v) is 9.39. The van der Waals surface area contributed by atoms with Gasteiger partial charge in [0.2, 0.25) is 5.65 Å². The maximum absolute atomic E-state index is 10.4. The number of anilines is 1. The Morgan fingerprint density at radius 2 is 2.04 bits per heavy atom. The molecule has 6 nitrogen and oxygen atoms in total. The molecule has 0 spiro atoms. The van der Waals surface area contributed by atoms with Gasteiger partial charge in [0.15, 0.2) is 0 Å². The fourth-order valence-corrected chi connectivity index (χ4v) is 3.72. The van der Waals surface area contributed by atoms with Gasteiger partial charge in [0.05, 0.1) is 27.5 Å². The van der Waals surface area contributed by atoms with Gasteiger partial charge in [-0.3, -0.25) is 5.10 Å². The second-order valence-corrected chi connectivity index (χ2v) is 7.45. The molecule has 0 saturated carbocycles. The molecule has 2 N–H and O–H groups in total. The van der Waals surface area contributed by atoms with Gasteiger partial charge in [0, 0.05) is 18.7 Å². The Kier molecular flexibility index (Phi) is 4.50. The zero-order chi connectivity index (χ0) is 18.3. The van der Waals surface area contributed by atoms with Crippen LogP contribution in [0.4, 0.5) is 5.82 Å². The van der Waals surface area contributed by atoms with Gasteiger partial charge in [-0.1, -0.05) is 42.3 Å². The van der Waals surface area contributed by atoms with Crippen LogP contribution in [0.3, 0.4) is 0 Å². The van der Waals surface area contributed by atoms with E-state index in [1.165, 1.54) is 0 Å². The highest BCUT2D eigenvalue weighted by molar-refractivity contribution is 6.43. The van der Waals surface area contributed by atoms with Crippen molar-refractivity contribution in [1.29, 1.82) is 0 Å². The van der Waals surface area contributed by atoms with E-state index in [9.17, 15) is 5.11 Å². The van der Waals surface area contributed by atoms with Gasteiger partial charge in [0.25, 0.3) is 0 Å². The van der Waals surface area contributed by atoms with Gasteiger partial charge >= 0.3 is 0 Å². The van der Waals surface area contributed by atoms with E-state index in [1.807, 2.05) is 19.1 Å². The van der Waals surface area contributed by atoms with Crippen molar-refractivity contribution in [2.24, 2.45) is 0 Å². The average Bonchev–Trinajstić information content (AvgIpc) is 3.07. The van der Waals surface area contributed by atoms with Crippen molar-refractivity contribution in [3.63, 3.8) is 0 Å². The number of aliphatic hydroxyl groups is 1. The molecule has 1 aliphatic rings. The first-order valence-electron chi connectivity index (χ1n) is 8.63. The van der Waals surface area contributed by atoms with E-state index in [4.69, 9.17) is 23.2 Å². The largest absolute Gasteiger partial charge is 0.390 e. The highest BCUT2D eigenvalue weighted by Crippen LogP contribution is 2.35. The molecule has 3 aromatic rings. The van der Waals surface area contributed by atoms with Crippen LogP contribution >= 0.6 is 23.2 Å². The number of nitrogens with one attached hydrogen (secondary N) is 1. The van der Waals surface area contributed by atoms with Crippen molar-refractivity contribution < 1.29 is 5.11 Å². The Hall–Kier alpha value is -1.89. The average molecular weight is 392 g/mol. The molecular weight excluding hydrogens is 373 g/mol. The summed E-state index contributed by atoms with van der Waals surface area (Å²) in [6, 6.07) is 5.44. The minimum Gasteiger partial charge on any atom is -0.390 e. The van der Waals surface area contributed by atoms with Crippen molar-refractivity contribution >= 4 is 40.2 Å². The Bertz CT molecular complexity index is 950. The van der Waals surface area contributed by atoms with Gasteiger partial charge < -0.3 is 10.0 Å². The molecule has 0 atom stereocenters. The number of piperidine rings is 1. The first-order chi connectivity index (χ1) is 12.5. The monoisotopic (exact) mass is 391 g/mol. The van der Waals surface area contributed by atoms with Crippen LogP contribution in [0.25, 0.3) is 22.4 Å². The molecule has 3 heterocycles. The van der Waals surface area contributed by atoms with Crippen LogP contribution in [0.5, 0.6) is 0 Å². The molecule has 0 amide bonds. The second kappa shape index (κ2) is 6.68. The van der Waals surface area contributed by atoms with Crippen molar-refractivity contribution in [3.05, 3.63) is 34.4 Å². The van der Waals surface area contributed by atoms with Crippen molar-refractivity contribution in [3.8, 4) is 11.3 Å². The third-order valence-corrected chi connectivity index (χ3v) is 5.97. The molecule has 4 rings (SSSR count). The number of aromatic amines is 1. The lowest BCUT2D eigenvalue weighted by Crippen LogP contribution is -2.44. The Morgan fingerprint density at radius 1 is 1.27 bits per heavy atom. The van der Waals surface area contributed by atoms with Crippen LogP contribution in [0, 0.1) is 0 Å². The summed E-state index contributed by atoms with van der Waals surface area (Å²) in [6.45, 7) is 3.53. The van der Waals surface area contributed by atoms with Gasteiger partial charge in [-0.2, -0.15) is 5.10 Å². The molecule has 0 aliphatic carbocycles. The predicted molar refractivity (Wildman–Crippen MR) is 104 cm³/mol. The quantitative estimate of drug-likeness (QED) is 0.703. The number of aromatic nitrogens is 4. The minimum atomic E-state index is -0.559. The predicted octanol–water partition coefficient (Wildman–Crippen LogP) is 4.07. The molecule has 0 bridgehead atoms. The van der Waals surface area contributed by atoms with Crippen LogP contribution in [0.15, 0.2) is 24.4 Å². The van der Waals surface area contributed by atoms with Gasteiger partial charge in [-0.25, -0.2) is 9.97 Å². The number of rotatable bonds is 3. The molecule has 1 fully saturated rings. The molecular formula is C18H19Cl2N5O. The lowest BCUT2D eigenvalue weighted by Gasteiger charge is -2.38. The molecule has 1 saturated heterocycles. The molecule has 0 radical (unpaired) electrons. The third kappa shape index (κ3) is 3.02.